The number of hydrogen-bond donors (Lipinski definition) is 0. The molecule has 3 heterocycles. The largest absolute Gasteiger partial charge is 0.377 e. The molecule has 0 aromatic carbocycles. The van der Waals surface area contributed by atoms with Crippen molar-refractivity contribution in [2.24, 2.45) is 5.92 Å². The molecule has 0 atom stereocenters. The topological polar surface area (TPSA) is 60.3 Å². The first-order chi connectivity index (χ1) is 12.8. The Kier molecular flexibility index (Phi) is 5.20. The number of pyridine rings is 1. The molecule has 0 radical (unpaired) electrons. The van der Waals surface area contributed by atoms with Crippen LogP contribution in [0.1, 0.15) is 56.8 Å². The highest BCUT2D eigenvalue weighted by atomic mass is 16.5. The first-order valence-electron chi connectivity index (χ1n) is 9.85. The Hall–Kier alpha value is -1.95. The van der Waals surface area contributed by atoms with Crippen molar-refractivity contribution >= 4 is 17.1 Å². The van der Waals surface area contributed by atoms with E-state index < -0.39 is 0 Å². The summed E-state index contributed by atoms with van der Waals surface area (Å²) in [5.74, 6) is 1.90. The number of likely N-dealkylation sites (tertiary alicyclic amines) is 1. The van der Waals surface area contributed by atoms with Crippen molar-refractivity contribution in [1.82, 2.24) is 19.4 Å². The van der Waals surface area contributed by atoms with Gasteiger partial charge in [-0.1, -0.05) is 12.8 Å². The number of hydrogen-bond acceptors (Lipinski definition) is 4. The molecule has 1 amide bonds. The quantitative estimate of drug-likeness (QED) is 0.824. The number of methoxy groups -OCH3 is 1. The molecule has 4 rings (SSSR count). The minimum atomic E-state index is 0.329. The van der Waals surface area contributed by atoms with E-state index in [-0.39, 0.29) is 0 Å². The maximum absolute atomic E-state index is 12.6. The first kappa shape index (κ1) is 17.5. The van der Waals surface area contributed by atoms with Crippen LogP contribution in [-0.2, 0) is 16.1 Å². The van der Waals surface area contributed by atoms with Gasteiger partial charge in [0, 0.05) is 38.9 Å². The number of carbonyl (C=O) groups is 1. The summed E-state index contributed by atoms with van der Waals surface area (Å²) in [5.41, 5.74) is 1.84. The number of amides is 1. The van der Waals surface area contributed by atoms with E-state index in [9.17, 15) is 4.79 Å². The van der Waals surface area contributed by atoms with Crippen molar-refractivity contribution in [3.05, 3.63) is 24.2 Å². The molecule has 0 unspecified atom stereocenters. The van der Waals surface area contributed by atoms with Gasteiger partial charge in [-0.3, -0.25) is 4.79 Å². The van der Waals surface area contributed by atoms with Crippen LogP contribution < -0.4 is 0 Å². The lowest BCUT2D eigenvalue weighted by molar-refractivity contribution is -0.133. The van der Waals surface area contributed by atoms with E-state index >= 15 is 0 Å². The number of imidazole rings is 1. The van der Waals surface area contributed by atoms with E-state index in [0.29, 0.717) is 24.5 Å². The maximum Gasteiger partial charge on any atom is 0.222 e. The Labute approximate surface area is 154 Å². The van der Waals surface area contributed by atoms with Gasteiger partial charge in [-0.15, -0.1) is 0 Å². The van der Waals surface area contributed by atoms with Gasteiger partial charge in [0.05, 0.1) is 0 Å². The molecule has 6 nitrogen and oxygen atoms in total. The third kappa shape index (κ3) is 3.47. The summed E-state index contributed by atoms with van der Waals surface area (Å²) < 4.78 is 7.58. The second-order valence-electron chi connectivity index (χ2n) is 7.64. The number of carbonyl (C=O) groups excluding carboxylic acids is 1. The van der Waals surface area contributed by atoms with Crippen LogP contribution in [0.15, 0.2) is 18.3 Å². The maximum atomic E-state index is 12.6. The molecule has 2 aromatic heterocycles. The molecule has 1 saturated heterocycles. The fraction of sp³-hybridized carbons (Fsp3) is 0.650. The normalized spacial score (nSPS) is 19.5. The molecule has 1 aliphatic carbocycles. The van der Waals surface area contributed by atoms with E-state index in [1.165, 1.54) is 25.7 Å². The van der Waals surface area contributed by atoms with Crippen LogP contribution in [0.5, 0.6) is 0 Å². The summed E-state index contributed by atoms with van der Waals surface area (Å²) in [7, 11) is 1.70. The fourth-order valence-electron chi connectivity index (χ4n) is 4.56. The highest BCUT2D eigenvalue weighted by Gasteiger charge is 2.28. The number of ether oxygens (including phenoxy) is 1. The Morgan fingerprint density at radius 1 is 1.23 bits per heavy atom. The molecule has 2 aromatic rings. The molecule has 1 aliphatic heterocycles. The number of rotatable bonds is 5. The van der Waals surface area contributed by atoms with E-state index in [0.717, 1.165) is 49.3 Å². The summed E-state index contributed by atoms with van der Waals surface area (Å²) >= 11 is 0. The van der Waals surface area contributed by atoms with Gasteiger partial charge >= 0.3 is 0 Å². The smallest absolute Gasteiger partial charge is 0.222 e. The standard InChI is InChI=1S/C20H28N4O2/c1-26-14-18-22-17-7-4-10-21-20(17)24(18)16-8-11-23(12-9-16)19(25)13-15-5-2-3-6-15/h4,7,10,15-16H,2-3,5-6,8-9,11-14H2,1H3. The highest BCUT2D eigenvalue weighted by Crippen LogP contribution is 2.31. The van der Waals surface area contributed by atoms with E-state index in [1.807, 2.05) is 18.3 Å². The van der Waals surface area contributed by atoms with Crippen molar-refractivity contribution in [3.8, 4) is 0 Å². The minimum absolute atomic E-state index is 0.329. The van der Waals surface area contributed by atoms with Gasteiger partial charge in [-0.05, 0) is 43.7 Å². The summed E-state index contributed by atoms with van der Waals surface area (Å²) in [4.78, 5) is 23.9. The zero-order chi connectivity index (χ0) is 17.9. The van der Waals surface area contributed by atoms with Crippen LogP contribution >= 0.6 is 0 Å². The summed E-state index contributed by atoms with van der Waals surface area (Å²) in [6.07, 6.45) is 9.52. The second-order valence-corrected chi connectivity index (χ2v) is 7.64. The third-order valence-electron chi connectivity index (χ3n) is 5.92. The molecule has 0 spiro atoms. The predicted octanol–water partition coefficient (Wildman–Crippen LogP) is 3.32. The van der Waals surface area contributed by atoms with Crippen molar-refractivity contribution in [1.29, 1.82) is 0 Å². The molecule has 26 heavy (non-hydrogen) atoms. The van der Waals surface area contributed by atoms with E-state index in [4.69, 9.17) is 9.72 Å². The van der Waals surface area contributed by atoms with Gasteiger partial charge in [-0.2, -0.15) is 0 Å². The Morgan fingerprint density at radius 3 is 2.73 bits per heavy atom. The lowest BCUT2D eigenvalue weighted by Crippen LogP contribution is -2.39. The van der Waals surface area contributed by atoms with Gasteiger partial charge in [0.2, 0.25) is 5.91 Å². The fourth-order valence-corrected chi connectivity index (χ4v) is 4.56. The number of nitrogens with zero attached hydrogens (tertiary/aromatic N) is 4. The lowest BCUT2D eigenvalue weighted by atomic mass is 10.0. The molecule has 6 heteroatoms. The van der Waals surface area contributed by atoms with Gasteiger partial charge in [0.1, 0.15) is 17.9 Å². The van der Waals surface area contributed by atoms with Crippen LogP contribution in [0.3, 0.4) is 0 Å². The van der Waals surface area contributed by atoms with E-state index in [1.54, 1.807) is 7.11 Å². The molecule has 2 aliphatic rings. The van der Waals surface area contributed by atoms with Gasteiger partial charge in [-0.25, -0.2) is 9.97 Å². The summed E-state index contributed by atoms with van der Waals surface area (Å²) in [6, 6.07) is 4.24. The average Bonchev–Trinajstić information content (AvgIpc) is 3.29. The first-order valence-corrected chi connectivity index (χ1v) is 9.85. The van der Waals surface area contributed by atoms with Gasteiger partial charge in [0.15, 0.2) is 5.65 Å². The van der Waals surface area contributed by atoms with Crippen molar-refractivity contribution in [3.63, 3.8) is 0 Å². The molecule has 0 bridgehead atoms. The van der Waals surface area contributed by atoms with Crippen LogP contribution in [0.4, 0.5) is 0 Å². The van der Waals surface area contributed by atoms with Gasteiger partial charge < -0.3 is 14.2 Å². The molecular weight excluding hydrogens is 328 g/mol. The summed E-state index contributed by atoms with van der Waals surface area (Å²) in [5, 5.41) is 0. The Balaban J connectivity index is 1.45. The SMILES string of the molecule is COCc1nc2cccnc2n1C1CCN(C(=O)CC2CCCC2)CC1. The minimum Gasteiger partial charge on any atom is -0.377 e. The third-order valence-corrected chi connectivity index (χ3v) is 5.92. The van der Waals surface area contributed by atoms with Crippen LogP contribution in [0, 0.1) is 5.92 Å². The zero-order valence-corrected chi connectivity index (χ0v) is 15.6. The molecule has 140 valence electrons. The van der Waals surface area contributed by atoms with Crippen molar-refractivity contribution in [2.45, 2.75) is 57.6 Å². The van der Waals surface area contributed by atoms with Crippen LogP contribution in [-0.4, -0.2) is 45.5 Å². The van der Waals surface area contributed by atoms with Crippen molar-refractivity contribution in [2.75, 3.05) is 20.2 Å². The lowest BCUT2D eigenvalue weighted by Gasteiger charge is -2.34. The molecule has 0 N–H and O–H groups in total. The number of fused-ring (bicyclic) bond motifs is 1. The zero-order valence-electron chi connectivity index (χ0n) is 15.6. The van der Waals surface area contributed by atoms with E-state index in [2.05, 4.69) is 14.5 Å². The van der Waals surface area contributed by atoms with Crippen LogP contribution in [0.2, 0.25) is 0 Å². The molecular formula is C20H28N4O2. The highest BCUT2D eigenvalue weighted by molar-refractivity contribution is 5.76. The van der Waals surface area contributed by atoms with Gasteiger partial charge in [0.25, 0.3) is 0 Å². The second kappa shape index (κ2) is 7.74. The Bertz CT molecular complexity index is 758. The van der Waals surface area contributed by atoms with Crippen LogP contribution in [0.25, 0.3) is 11.2 Å². The monoisotopic (exact) mass is 356 g/mol. The Morgan fingerprint density at radius 2 is 2.00 bits per heavy atom. The predicted molar refractivity (Wildman–Crippen MR) is 99.7 cm³/mol. The average molecular weight is 356 g/mol. The molecule has 1 saturated carbocycles. The summed E-state index contributed by atoms with van der Waals surface area (Å²) in [6.45, 7) is 2.14. The van der Waals surface area contributed by atoms with Crippen molar-refractivity contribution < 1.29 is 9.53 Å². The molecule has 2 fully saturated rings. The number of piperidine rings is 1. The number of aromatic nitrogens is 3.